The van der Waals surface area contributed by atoms with Gasteiger partial charge in [0.15, 0.2) is 6.10 Å². The fourth-order valence-electron chi connectivity index (χ4n) is 1.74. The van der Waals surface area contributed by atoms with Gasteiger partial charge in [0.05, 0.1) is 6.26 Å². The average molecular weight is 342 g/mol. The van der Waals surface area contributed by atoms with E-state index in [2.05, 4.69) is 5.32 Å². The predicted molar refractivity (Wildman–Crippen MR) is 83.4 cm³/mol. The van der Waals surface area contributed by atoms with Crippen molar-refractivity contribution in [3.63, 3.8) is 0 Å². The number of rotatable bonds is 4. The van der Waals surface area contributed by atoms with Crippen LogP contribution in [0.15, 0.2) is 34.9 Å². The lowest BCUT2D eigenvalue weighted by Crippen LogP contribution is -2.30. The Balaban J connectivity index is 2.00. The maximum Gasteiger partial charge on any atom is 0.342 e. The molecule has 1 unspecified atom stereocenters. The molecule has 116 valence electrons. The molecule has 0 aliphatic carbocycles. The molecule has 2 rings (SSSR count). The third-order valence-corrected chi connectivity index (χ3v) is 3.30. The Morgan fingerprint density at radius 1 is 1.23 bits per heavy atom. The van der Waals surface area contributed by atoms with Crippen molar-refractivity contribution in [2.45, 2.75) is 20.0 Å². The Kier molecular flexibility index (Phi) is 5.11. The van der Waals surface area contributed by atoms with Gasteiger partial charge in [-0.3, -0.25) is 4.79 Å². The van der Waals surface area contributed by atoms with E-state index in [1.54, 1.807) is 25.1 Å². The van der Waals surface area contributed by atoms with Crippen LogP contribution in [-0.4, -0.2) is 18.0 Å². The standard InChI is InChI=1S/C15H13Cl2NO4/c1-8-13(3-4-21-8)15(20)22-9(2)14(19)18-12-6-10(16)5-11(17)7-12/h3-7,9H,1-2H3,(H,18,19). The minimum absolute atomic E-state index is 0.283. The molecule has 1 atom stereocenters. The molecule has 0 spiro atoms. The first-order chi connectivity index (χ1) is 10.4. The van der Waals surface area contributed by atoms with E-state index < -0.39 is 18.0 Å². The fraction of sp³-hybridized carbons (Fsp3) is 0.200. The van der Waals surface area contributed by atoms with E-state index in [9.17, 15) is 9.59 Å². The number of aryl methyl sites for hydroxylation is 1. The van der Waals surface area contributed by atoms with E-state index in [0.29, 0.717) is 21.5 Å². The number of nitrogens with one attached hydrogen (secondary N) is 1. The molecule has 1 aromatic carbocycles. The van der Waals surface area contributed by atoms with E-state index in [1.807, 2.05) is 0 Å². The molecule has 22 heavy (non-hydrogen) atoms. The molecule has 0 saturated carbocycles. The Morgan fingerprint density at radius 3 is 2.41 bits per heavy atom. The van der Waals surface area contributed by atoms with Crippen LogP contribution in [0.1, 0.15) is 23.0 Å². The molecule has 0 bridgehead atoms. The highest BCUT2D eigenvalue weighted by molar-refractivity contribution is 6.35. The lowest BCUT2D eigenvalue weighted by atomic mass is 10.2. The van der Waals surface area contributed by atoms with Crippen molar-refractivity contribution in [2.24, 2.45) is 0 Å². The molecule has 5 nitrogen and oxygen atoms in total. The van der Waals surface area contributed by atoms with Gasteiger partial charge in [-0.15, -0.1) is 0 Å². The maximum absolute atomic E-state index is 12.0. The van der Waals surface area contributed by atoms with Crippen LogP contribution >= 0.6 is 23.2 Å². The normalized spacial score (nSPS) is 11.8. The maximum atomic E-state index is 12.0. The van der Waals surface area contributed by atoms with Gasteiger partial charge in [0.1, 0.15) is 11.3 Å². The van der Waals surface area contributed by atoms with Gasteiger partial charge in [0.25, 0.3) is 5.91 Å². The van der Waals surface area contributed by atoms with Crippen molar-refractivity contribution in [1.82, 2.24) is 0 Å². The lowest BCUT2D eigenvalue weighted by molar-refractivity contribution is -0.123. The first-order valence-corrected chi connectivity index (χ1v) is 7.14. The van der Waals surface area contributed by atoms with Gasteiger partial charge in [0.2, 0.25) is 0 Å². The van der Waals surface area contributed by atoms with Gasteiger partial charge in [-0.25, -0.2) is 4.79 Å². The number of amides is 1. The van der Waals surface area contributed by atoms with Crippen molar-refractivity contribution >= 4 is 40.8 Å². The third-order valence-electron chi connectivity index (χ3n) is 2.86. The van der Waals surface area contributed by atoms with Crippen molar-refractivity contribution in [1.29, 1.82) is 0 Å². The van der Waals surface area contributed by atoms with Crippen molar-refractivity contribution in [3.05, 3.63) is 51.9 Å². The second kappa shape index (κ2) is 6.85. The van der Waals surface area contributed by atoms with Gasteiger partial charge in [-0.1, -0.05) is 23.2 Å². The summed E-state index contributed by atoms with van der Waals surface area (Å²) in [6.45, 7) is 3.10. The number of anilines is 1. The number of hydrogen-bond acceptors (Lipinski definition) is 4. The number of ether oxygens (including phenoxy) is 1. The quantitative estimate of drug-likeness (QED) is 0.850. The fourth-order valence-corrected chi connectivity index (χ4v) is 2.27. The zero-order valence-corrected chi connectivity index (χ0v) is 13.4. The molecule has 0 aliphatic heterocycles. The number of benzene rings is 1. The summed E-state index contributed by atoms with van der Waals surface area (Å²) in [5, 5.41) is 3.36. The van der Waals surface area contributed by atoms with Crippen molar-refractivity contribution < 1.29 is 18.7 Å². The summed E-state index contributed by atoms with van der Waals surface area (Å²) in [4.78, 5) is 23.9. The molecule has 1 aromatic heterocycles. The van der Waals surface area contributed by atoms with E-state index in [0.717, 1.165) is 0 Å². The zero-order valence-electron chi connectivity index (χ0n) is 11.9. The van der Waals surface area contributed by atoms with Crippen LogP contribution < -0.4 is 5.32 Å². The molecule has 2 aromatic rings. The molecule has 0 fully saturated rings. The van der Waals surface area contributed by atoms with Crippen molar-refractivity contribution in [3.8, 4) is 0 Å². The van der Waals surface area contributed by atoms with E-state index >= 15 is 0 Å². The molecule has 7 heteroatoms. The van der Waals surface area contributed by atoms with Gasteiger partial charge in [0, 0.05) is 15.7 Å². The predicted octanol–water partition coefficient (Wildman–Crippen LogP) is 4.08. The first-order valence-electron chi connectivity index (χ1n) is 6.39. The highest BCUT2D eigenvalue weighted by Gasteiger charge is 2.21. The lowest BCUT2D eigenvalue weighted by Gasteiger charge is -2.13. The summed E-state index contributed by atoms with van der Waals surface area (Å²) >= 11 is 11.7. The Hall–Kier alpha value is -1.98. The second-order valence-electron chi connectivity index (χ2n) is 4.59. The minimum atomic E-state index is -0.987. The molecule has 1 N–H and O–H groups in total. The molecular weight excluding hydrogens is 329 g/mol. The Bertz CT molecular complexity index is 691. The van der Waals surface area contributed by atoms with Crippen LogP contribution in [0.2, 0.25) is 10.0 Å². The van der Waals surface area contributed by atoms with E-state index in [-0.39, 0.29) is 5.56 Å². The van der Waals surface area contributed by atoms with Crippen LogP contribution in [0.5, 0.6) is 0 Å². The number of hydrogen-bond donors (Lipinski definition) is 1. The van der Waals surface area contributed by atoms with Gasteiger partial charge >= 0.3 is 5.97 Å². The summed E-state index contributed by atoms with van der Waals surface area (Å²) in [5.41, 5.74) is 0.704. The molecule has 0 saturated heterocycles. The van der Waals surface area contributed by atoms with E-state index in [4.69, 9.17) is 32.4 Å². The number of halogens is 2. The van der Waals surface area contributed by atoms with Gasteiger partial charge < -0.3 is 14.5 Å². The van der Waals surface area contributed by atoms with E-state index in [1.165, 1.54) is 19.3 Å². The summed E-state index contributed by atoms with van der Waals surface area (Å²) in [6.07, 6.45) is 0.393. The summed E-state index contributed by atoms with van der Waals surface area (Å²) in [6, 6.07) is 6.11. The zero-order chi connectivity index (χ0) is 16.3. The van der Waals surface area contributed by atoms with Gasteiger partial charge in [-0.2, -0.15) is 0 Å². The third kappa shape index (κ3) is 4.02. The SMILES string of the molecule is Cc1occc1C(=O)OC(C)C(=O)Nc1cc(Cl)cc(Cl)c1. The van der Waals surface area contributed by atoms with Gasteiger partial charge in [-0.05, 0) is 38.1 Å². The number of carbonyl (C=O) groups excluding carboxylic acids is 2. The Morgan fingerprint density at radius 2 is 1.86 bits per heavy atom. The summed E-state index contributed by atoms with van der Waals surface area (Å²) in [7, 11) is 0. The highest BCUT2D eigenvalue weighted by atomic mass is 35.5. The number of carbonyl (C=O) groups is 2. The van der Waals surface area contributed by atoms with Crippen LogP contribution in [0.3, 0.4) is 0 Å². The van der Waals surface area contributed by atoms with Crippen LogP contribution in [-0.2, 0) is 9.53 Å². The summed E-state index contributed by atoms with van der Waals surface area (Å²) < 4.78 is 10.1. The largest absolute Gasteiger partial charge is 0.469 e. The molecular formula is C15H13Cl2NO4. The first kappa shape index (κ1) is 16.4. The van der Waals surface area contributed by atoms with Crippen molar-refractivity contribution in [2.75, 3.05) is 5.32 Å². The summed E-state index contributed by atoms with van der Waals surface area (Å²) in [5.74, 6) is -0.690. The topological polar surface area (TPSA) is 68.5 Å². The average Bonchev–Trinajstić information content (AvgIpc) is 2.83. The molecule has 0 radical (unpaired) electrons. The molecule has 1 amide bonds. The van der Waals surface area contributed by atoms with Crippen LogP contribution in [0.4, 0.5) is 5.69 Å². The second-order valence-corrected chi connectivity index (χ2v) is 5.46. The van der Waals surface area contributed by atoms with Crippen LogP contribution in [0, 0.1) is 6.92 Å². The number of esters is 1. The highest BCUT2D eigenvalue weighted by Crippen LogP contribution is 2.22. The van der Waals surface area contributed by atoms with Crippen LogP contribution in [0.25, 0.3) is 0 Å². The monoisotopic (exact) mass is 341 g/mol. The minimum Gasteiger partial charge on any atom is -0.469 e. The smallest absolute Gasteiger partial charge is 0.342 e. The number of furan rings is 1. The Labute approximate surface area is 137 Å². The molecule has 0 aliphatic rings. The molecule has 1 heterocycles.